The van der Waals surface area contributed by atoms with Crippen LogP contribution in [0, 0.1) is 0 Å². The normalized spacial score (nSPS) is 12.4. The molecule has 254 valence electrons. The highest BCUT2D eigenvalue weighted by Gasteiger charge is 2.27. The van der Waals surface area contributed by atoms with E-state index in [0.29, 0.717) is 0 Å². The molecule has 0 amide bonds. The van der Waals surface area contributed by atoms with Gasteiger partial charge in [0.05, 0.1) is 27.8 Å². The number of para-hydroxylation sites is 3. The van der Waals surface area contributed by atoms with Crippen molar-refractivity contribution in [3.8, 4) is 45.0 Å². The van der Waals surface area contributed by atoms with Crippen LogP contribution in [-0.4, -0.2) is 19.1 Å². The van der Waals surface area contributed by atoms with Gasteiger partial charge in [-0.3, -0.25) is 4.57 Å². The van der Waals surface area contributed by atoms with Gasteiger partial charge in [0.25, 0.3) is 0 Å². The Morgan fingerprint density at radius 2 is 1.07 bits per heavy atom. The molecule has 13 rings (SSSR count). The molecular weight excluding hydrogens is 689 g/mol. The predicted octanol–water partition coefficient (Wildman–Crippen LogP) is 13.5. The maximum absolute atomic E-state index is 5.58. The Labute approximate surface area is 318 Å². The lowest BCUT2D eigenvalue weighted by molar-refractivity contribution is 1.09. The summed E-state index contributed by atoms with van der Waals surface area (Å²) in [5.41, 5.74) is 13.7. The number of aromatic nitrogens is 4. The van der Waals surface area contributed by atoms with E-state index in [0.717, 1.165) is 43.8 Å². The van der Waals surface area contributed by atoms with Gasteiger partial charge in [-0.15, -0.1) is 11.3 Å². The second-order valence-electron chi connectivity index (χ2n) is 14.5. The molecule has 8 aromatic carbocycles. The largest absolute Gasteiger partial charge is 0.308 e. The van der Waals surface area contributed by atoms with Gasteiger partial charge in [0.1, 0.15) is 16.0 Å². The molecule has 4 nitrogen and oxygen atoms in total. The number of fused-ring (bicyclic) bond motifs is 15. The van der Waals surface area contributed by atoms with E-state index in [2.05, 4.69) is 179 Å². The second kappa shape index (κ2) is 10.8. The summed E-state index contributed by atoms with van der Waals surface area (Å²) in [4.78, 5) is 12.1. The van der Waals surface area contributed by atoms with E-state index in [-0.39, 0.29) is 0 Å². The minimum Gasteiger partial charge on any atom is -0.308 e. The molecule has 5 heterocycles. The number of rotatable bonds is 2. The highest BCUT2D eigenvalue weighted by atomic mass is 32.1. The summed E-state index contributed by atoms with van der Waals surface area (Å²) in [5, 5.41) is 8.34. The Balaban J connectivity index is 1.19. The van der Waals surface area contributed by atoms with Crippen LogP contribution in [0.1, 0.15) is 0 Å². The highest BCUT2D eigenvalue weighted by molar-refractivity contribution is 7.25. The first-order valence-corrected chi connectivity index (χ1v) is 19.5. The van der Waals surface area contributed by atoms with Crippen LogP contribution in [0.15, 0.2) is 170 Å². The van der Waals surface area contributed by atoms with Gasteiger partial charge in [-0.05, 0) is 58.3 Å². The van der Waals surface area contributed by atoms with Crippen LogP contribution in [0.3, 0.4) is 0 Å². The van der Waals surface area contributed by atoms with Crippen LogP contribution in [-0.2, 0) is 0 Å². The smallest absolute Gasteiger partial charge is 0.166 e. The first-order valence-electron chi connectivity index (χ1n) is 18.7. The molecule has 0 radical (unpaired) electrons. The van der Waals surface area contributed by atoms with Gasteiger partial charge in [0.15, 0.2) is 5.82 Å². The van der Waals surface area contributed by atoms with Crippen LogP contribution in [0.2, 0.25) is 0 Å². The number of hydrogen-bond acceptors (Lipinski definition) is 3. The topological polar surface area (TPSA) is 35.6 Å². The Morgan fingerprint density at radius 1 is 0.418 bits per heavy atom. The van der Waals surface area contributed by atoms with Crippen molar-refractivity contribution in [2.75, 3.05) is 0 Å². The molecule has 1 aliphatic rings. The molecule has 12 aromatic rings. The van der Waals surface area contributed by atoms with Crippen molar-refractivity contribution in [2.45, 2.75) is 0 Å². The highest BCUT2D eigenvalue weighted by Crippen LogP contribution is 2.48. The molecule has 5 heteroatoms. The molecule has 0 fully saturated rings. The first kappa shape index (κ1) is 29.4. The standard InChI is InChI=1S/C50H28N4S/c1-2-13-30-26-31(25-24-29(30)12-1)46-49(52-50-47(51-46)38-18-7-10-23-45(38)55-50)54-42-22-9-6-17-35(42)39-27-43-40(28-44(39)54)37-20-11-19-36-33-15-4-3-14-32(33)34-16-5-8-21-41(34)53(43)48(36)37/h1-28H. The quantitative estimate of drug-likeness (QED) is 0.179. The number of thiophene rings is 1. The molecule has 0 N–H and O–H groups in total. The van der Waals surface area contributed by atoms with E-state index < -0.39 is 0 Å². The maximum atomic E-state index is 5.58. The van der Waals surface area contributed by atoms with Crippen molar-refractivity contribution >= 4 is 86.2 Å². The molecule has 0 saturated heterocycles. The van der Waals surface area contributed by atoms with Crippen LogP contribution in [0.5, 0.6) is 0 Å². The van der Waals surface area contributed by atoms with Gasteiger partial charge >= 0.3 is 0 Å². The zero-order chi connectivity index (χ0) is 35.8. The summed E-state index contributed by atoms with van der Waals surface area (Å²) < 4.78 is 6.06. The van der Waals surface area contributed by atoms with Crippen LogP contribution < -0.4 is 0 Å². The molecule has 0 bridgehead atoms. The maximum Gasteiger partial charge on any atom is 0.166 e. The van der Waals surface area contributed by atoms with Gasteiger partial charge in [-0.2, -0.15) is 0 Å². The Kier molecular flexibility index (Phi) is 5.74. The number of benzene rings is 8. The fraction of sp³-hybridized carbons (Fsp3) is 0. The molecular formula is C50H28N4S. The van der Waals surface area contributed by atoms with E-state index in [1.165, 1.54) is 76.0 Å². The summed E-state index contributed by atoms with van der Waals surface area (Å²) in [6, 6.07) is 61.8. The Bertz CT molecular complexity index is 3620. The van der Waals surface area contributed by atoms with E-state index >= 15 is 0 Å². The van der Waals surface area contributed by atoms with E-state index in [1.54, 1.807) is 11.3 Å². The van der Waals surface area contributed by atoms with E-state index in [4.69, 9.17) is 9.97 Å². The van der Waals surface area contributed by atoms with Gasteiger partial charge in [0.2, 0.25) is 0 Å². The fourth-order valence-electron chi connectivity index (χ4n) is 9.27. The minimum absolute atomic E-state index is 0.838. The number of hydrogen-bond donors (Lipinski definition) is 0. The third-order valence-corrected chi connectivity index (χ3v) is 12.7. The second-order valence-corrected chi connectivity index (χ2v) is 15.6. The van der Waals surface area contributed by atoms with Crippen molar-refractivity contribution in [1.29, 1.82) is 0 Å². The first-order chi connectivity index (χ1) is 27.3. The summed E-state index contributed by atoms with van der Waals surface area (Å²) in [6.45, 7) is 0. The van der Waals surface area contributed by atoms with Gasteiger partial charge in [-0.1, -0.05) is 133 Å². The van der Waals surface area contributed by atoms with Crippen molar-refractivity contribution in [3.63, 3.8) is 0 Å². The monoisotopic (exact) mass is 716 g/mol. The molecule has 4 aromatic heterocycles. The van der Waals surface area contributed by atoms with Crippen molar-refractivity contribution in [3.05, 3.63) is 170 Å². The molecule has 0 spiro atoms. The summed E-state index contributed by atoms with van der Waals surface area (Å²) in [7, 11) is 0. The average Bonchev–Trinajstić information content (AvgIpc) is 3.86. The molecule has 1 aliphatic heterocycles. The molecule has 0 atom stereocenters. The zero-order valence-corrected chi connectivity index (χ0v) is 30.2. The lowest BCUT2D eigenvalue weighted by Crippen LogP contribution is -2.03. The SMILES string of the molecule is c1ccc2c(c1)-c1ccccc1-n1c3cc4c5ccccc5n(-c5nc6sc7ccccc7c6nc5-c5ccc6ccccc6c5)c4cc3c3cccc-2c31. The third kappa shape index (κ3) is 3.94. The fourth-order valence-corrected chi connectivity index (χ4v) is 10.3. The summed E-state index contributed by atoms with van der Waals surface area (Å²) in [6.07, 6.45) is 0. The third-order valence-electron chi connectivity index (χ3n) is 11.7. The van der Waals surface area contributed by atoms with Gasteiger partial charge in [0, 0.05) is 48.3 Å². The average molecular weight is 717 g/mol. The zero-order valence-electron chi connectivity index (χ0n) is 29.4. The van der Waals surface area contributed by atoms with E-state index in [1.807, 2.05) is 0 Å². The van der Waals surface area contributed by atoms with Crippen molar-refractivity contribution < 1.29 is 0 Å². The lowest BCUT2D eigenvalue weighted by Gasteiger charge is -2.14. The minimum atomic E-state index is 0.838. The lowest BCUT2D eigenvalue weighted by atomic mass is 9.94. The Morgan fingerprint density at radius 3 is 1.96 bits per heavy atom. The van der Waals surface area contributed by atoms with Gasteiger partial charge < -0.3 is 4.57 Å². The van der Waals surface area contributed by atoms with Crippen LogP contribution in [0.25, 0.3) is 120 Å². The molecule has 0 aliphatic carbocycles. The summed E-state index contributed by atoms with van der Waals surface area (Å²) >= 11 is 1.71. The molecule has 0 unspecified atom stereocenters. The Hall–Kier alpha value is -7.08. The van der Waals surface area contributed by atoms with Gasteiger partial charge in [-0.25, -0.2) is 9.97 Å². The molecule has 55 heavy (non-hydrogen) atoms. The summed E-state index contributed by atoms with van der Waals surface area (Å²) in [5.74, 6) is 0.838. The predicted molar refractivity (Wildman–Crippen MR) is 231 cm³/mol. The molecule has 0 saturated carbocycles. The van der Waals surface area contributed by atoms with Crippen molar-refractivity contribution in [1.82, 2.24) is 19.1 Å². The van der Waals surface area contributed by atoms with Crippen molar-refractivity contribution in [2.24, 2.45) is 0 Å². The van der Waals surface area contributed by atoms with Crippen LogP contribution in [0.4, 0.5) is 0 Å². The van der Waals surface area contributed by atoms with E-state index in [9.17, 15) is 0 Å². The van der Waals surface area contributed by atoms with Crippen LogP contribution >= 0.6 is 11.3 Å². The number of nitrogens with zero attached hydrogens (tertiary/aromatic N) is 4.